The van der Waals surface area contributed by atoms with Crippen molar-refractivity contribution in [3.8, 4) is 0 Å². The first-order valence-corrected chi connectivity index (χ1v) is 7.54. The molecular formula is C18H24N2O. The fourth-order valence-electron chi connectivity index (χ4n) is 2.59. The molecule has 0 spiro atoms. The van der Waals surface area contributed by atoms with Gasteiger partial charge >= 0.3 is 0 Å². The maximum atomic E-state index is 12.5. The molecule has 0 fully saturated rings. The summed E-state index contributed by atoms with van der Waals surface area (Å²) in [7, 11) is 0. The van der Waals surface area contributed by atoms with Crippen LogP contribution >= 0.6 is 0 Å². The van der Waals surface area contributed by atoms with Crippen LogP contribution in [-0.4, -0.2) is 15.7 Å². The fourth-order valence-corrected chi connectivity index (χ4v) is 2.59. The Balaban J connectivity index is 2.17. The molecule has 0 aliphatic carbocycles. The third kappa shape index (κ3) is 3.60. The zero-order valence-corrected chi connectivity index (χ0v) is 13.6. The summed E-state index contributed by atoms with van der Waals surface area (Å²) in [5, 5.41) is 4.28. The van der Waals surface area contributed by atoms with E-state index in [1.807, 2.05) is 26.8 Å². The van der Waals surface area contributed by atoms with Crippen LogP contribution in [0.25, 0.3) is 0 Å². The van der Waals surface area contributed by atoms with Gasteiger partial charge in [-0.2, -0.15) is 5.10 Å². The lowest BCUT2D eigenvalue weighted by Gasteiger charge is -2.13. The Morgan fingerprint density at radius 3 is 2.24 bits per heavy atom. The van der Waals surface area contributed by atoms with Crippen molar-refractivity contribution in [3.05, 3.63) is 52.8 Å². The van der Waals surface area contributed by atoms with Crippen LogP contribution < -0.4 is 0 Å². The van der Waals surface area contributed by atoms with Crippen LogP contribution in [-0.2, 0) is 6.42 Å². The Kier molecular flexibility index (Phi) is 4.61. The molecule has 0 amide bonds. The van der Waals surface area contributed by atoms with Crippen LogP contribution in [0, 0.1) is 19.8 Å². The van der Waals surface area contributed by atoms with Crippen LogP contribution in [0.3, 0.4) is 0 Å². The minimum atomic E-state index is -0.184. The van der Waals surface area contributed by atoms with Gasteiger partial charge in [0.25, 0.3) is 5.91 Å². The molecule has 0 N–H and O–H groups in total. The lowest BCUT2D eigenvalue weighted by atomic mass is 9.96. The van der Waals surface area contributed by atoms with Gasteiger partial charge in [-0.1, -0.05) is 38.1 Å². The van der Waals surface area contributed by atoms with Gasteiger partial charge in [-0.15, -0.1) is 0 Å². The number of benzene rings is 1. The van der Waals surface area contributed by atoms with E-state index in [1.54, 1.807) is 0 Å². The first-order chi connectivity index (χ1) is 9.88. The van der Waals surface area contributed by atoms with Crippen molar-refractivity contribution >= 4 is 5.91 Å². The minimum Gasteiger partial charge on any atom is -0.272 e. The average molecular weight is 284 g/mol. The Labute approximate surface area is 127 Å². The Bertz CT molecular complexity index is 623. The lowest BCUT2D eigenvalue weighted by Crippen LogP contribution is -2.20. The van der Waals surface area contributed by atoms with E-state index < -0.39 is 0 Å². The molecule has 3 nitrogen and oxygen atoms in total. The van der Waals surface area contributed by atoms with Crippen molar-refractivity contribution in [2.75, 3.05) is 0 Å². The highest BCUT2D eigenvalue weighted by atomic mass is 16.2. The molecule has 1 aromatic carbocycles. The van der Waals surface area contributed by atoms with Gasteiger partial charge in [0, 0.05) is 5.69 Å². The van der Waals surface area contributed by atoms with Gasteiger partial charge in [-0.3, -0.25) is 4.79 Å². The van der Waals surface area contributed by atoms with Crippen LogP contribution in [0.4, 0.5) is 0 Å². The van der Waals surface area contributed by atoms with E-state index in [4.69, 9.17) is 0 Å². The van der Waals surface area contributed by atoms with Crippen LogP contribution in [0.5, 0.6) is 0 Å². The summed E-state index contributed by atoms with van der Waals surface area (Å²) in [4.78, 5) is 12.5. The van der Waals surface area contributed by atoms with Crippen molar-refractivity contribution < 1.29 is 4.79 Å². The number of aryl methyl sites for hydroxylation is 2. The Hall–Kier alpha value is -1.90. The average Bonchev–Trinajstić information content (AvgIpc) is 2.76. The number of nitrogens with zero attached hydrogens (tertiary/aromatic N) is 2. The summed E-state index contributed by atoms with van der Waals surface area (Å²) < 4.78 is 1.52. The van der Waals surface area contributed by atoms with Crippen LogP contribution in [0.2, 0.25) is 0 Å². The molecule has 1 heterocycles. The molecule has 3 heteroatoms. The maximum absolute atomic E-state index is 12.5. The summed E-state index contributed by atoms with van der Waals surface area (Å²) >= 11 is 0. The topological polar surface area (TPSA) is 34.9 Å². The third-order valence-corrected chi connectivity index (χ3v) is 3.71. The lowest BCUT2D eigenvalue weighted by molar-refractivity contribution is 0.0865. The molecule has 0 aliphatic rings. The summed E-state index contributed by atoms with van der Waals surface area (Å²) in [6.07, 6.45) is 1.07. The van der Waals surface area contributed by atoms with Gasteiger partial charge in [0.1, 0.15) is 0 Å². The maximum Gasteiger partial charge on any atom is 0.254 e. The van der Waals surface area contributed by atoms with E-state index in [9.17, 15) is 4.79 Å². The molecule has 0 saturated carbocycles. The fraction of sp³-hybridized carbons (Fsp3) is 0.444. The van der Waals surface area contributed by atoms with E-state index in [2.05, 4.69) is 43.2 Å². The number of carbonyl (C=O) groups is 1. The van der Waals surface area contributed by atoms with Crippen molar-refractivity contribution in [3.63, 3.8) is 0 Å². The normalized spacial score (nSPS) is 12.7. The standard InChI is InChI=1S/C18H24N2O/c1-12(2)10-16-6-8-17(9-7-16)15(5)18(21)20-14(4)11-13(3)19-20/h6-9,11-12,15H,10H2,1-5H3. The highest BCUT2D eigenvalue weighted by Crippen LogP contribution is 2.20. The molecule has 0 bridgehead atoms. The minimum absolute atomic E-state index is 0.0252. The van der Waals surface area contributed by atoms with E-state index in [1.165, 1.54) is 10.2 Å². The predicted octanol–water partition coefficient (Wildman–Crippen LogP) is 4.14. The second kappa shape index (κ2) is 6.25. The zero-order valence-electron chi connectivity index (χ0n) is 13.6. The van der Waals surface area contributed by atoms with Crippen molar-refractivity contribution in [2.24, 2.45) is 5.92 Å². The first kappa shape index (κ1) is 15.5. The van der Waals surface area contributed by atoms with E-state index in [-0.39, 0.29) is 11.8 Å². The number of aromatic nitrogens is 2. The van der Waals surface area contributed by atoms with Crippen LogP contribution in [0.15, 0.2) is 30.3 Å². The summed E-state index contributed by atoms with van der Waals surface area (Å²) in [6, 6.07) is 10.3. The van der Waals surface area contributed by atoms with Gasteiger partial charge < -0.3 is 0 Å². The van der Waals surface area contributed by atoms with Crippen molar-refractivity contribution in [2.45, 2.75) is 47.0 Å². The molecule has 2 rings (SSSR count). The van der Waals surface area contributed by atoms with Crippen molar-refractivity contribution in [1.82, 2.24) is 9.78 Å². The highest BCUT2D eigenvalue weighted by molar-refractivity contribution is 5.85. The molecule has 1 unspecified atom stereocenters. The summed E-state index contributed by atoms with van der Waals surface area (Å²) in [6.45, 7) is 10.2. The molecule has 0 radical (unpaired) electrons. The molecule has 2 aromatic rings. The third-order valence-electron chi connectivity index (χ3n) is 3.71. The largest absolute Gasteiger partial charge is 0.272 e. The van der Waals surface area contributed by atoms with Gasteiger partial charge in [0.05, 0.1) is 11.6 Å². The van der Waals surface area contributed by atoms with E-state index >= 15 is 0 Å². The van der Waals surface area contributed by atoms with E-state index in [0.717, 1.165) is 23.4 Å². The Morgan fingerprint density at radius 1 is 1.14 bits per heavy atom. The molecule has 1 aromatic heterocycles. The highest BCUT2D eigenvalue weighted by Gasteiger charge is 2.19. The SMILES string of the molecule is Cc1cc(C)n(C(=O)C(C)c2ccc(CC(C)C)cc2)n1. The van der Waals surface area contributed by atoms with Gasteiger partial charge in [0.2, 0.25) is 0 Å². The van der Waals surface area contributed by atoms with Crippen molar-refractivity contribution in [1.29, 1.82) is 0 Å². The molecule has 21 heavy (non-hydrogen) atoms. The number of hydrogen-bond acceptors (Lipinski definition) is 2. The predicted molar refractivity (Wildman–Crippen MR) is 85.7 cm³/mol. The molecule has 0 aliphatic heterocycles. The molecular weight excluding hydrogens is 260 g/mol. The smallest absolute Gasteiger partial charge is 0.254 e. The number of rotatable bonds is 4. The van der Waals surface area contributed by atoms with Crippen LogP contribution in [0.1, 0.15) is 54.0 Å². The second-order valence-electron chi connectivity index (χ2n) is 6.24. The number of hydrogen-bond donors (Lipinski definition) is 0. The van der Waals surface area contributed by atoms with Gasteiger partial charge in [0.15, 0.2) is 0 Å². The Morgan fingerprint density at radius 2 is 1.76 bits per heavy atom. The quantitative estimate of drug-likeness (QED) is 0.845. The van der Waals surface area contributed by atoms with E-state index in [0.29, 0.717) is 5.92 Å². The van der Waals surface area contributed by atoms with Gasteiger partial charge in [-0.05, 0) is 50.3 Å². The zero-order chi connectivity index (χ0) is 15.6. The van der Waals surface area contributed by atoms with Gasteiger partial charge in [-0.25, -0.2) is 4.68 Å². The molecule has 112 valence electrons. The second-order valence-corrected chi connectivity index (χ2v) is 6.24. The monoisotopic (exact) mass is 284 g/mol. The summed E-state index contributed by atoms with van der Waals surface area (Å²) in [5.74, 6) is 0.484. The molecule has 1 atom stereocenters. The molecule has 0 saturated heterocycles. The summed E-state index contributed by atoms with van der Waals surface area (Å²) in [5.41, 5.74) is 4.13. The number of carbonyl (C=O) groups excluding carboxylic acids is 1. The first-order valence-electron chi connectivity index (χ1n) is 7.54.